The number of amides is 3. The normalized spacial score (nSPS) is 18.4. The van der Waals surface area contributed by atoms with E-state index in [1.165, 1.54) is 0 Å². The van der Waals surface area contributed by atoms with Crippen LogP contribution < -0.4 is 30.6 Å². The Morgan fingerprint density at radius 3 is 2.35 bits per heavy atom. The highest BCUT2D eigenvalue weighted by molar-refractivity contribution is 5.94. The first-order valence-electron chi connectivity index (χ1n) is 27.0. The summed E-state index contributed by atoms with van der Waals surface area (Å²) in [6.07, 6.45) is 8.56. The molecule has 0 saturated carbocycles. The fourth-order valence-corrected chi connectivity index (χ4v) is 11.1. The minimum Gasteiger partial charge on any atom is -0.497 e. The first kappa shape index (κ1) is 52.5. The number of aromatic nitrogens is 3. The number of carbonyl (C=O) groups is 3. The monoisotopic (exact) mass is 1010 g/mol. The Kier molecular flexibility index (Phi) is 17.9. The van der Waals surface area contributed by atoms with Gasteiger partial charge in [-0.15, -0.1) is 0 Å². The third-order valence-corrected chi connectivity index (χ3v) is 15.5. The number of benzene rings is 2. The van der Waals surface area contributed by atoms with Crippen LogP contribution in [0.5, 0.6) is 11.5 Å². The second kappa shape index (κ2) is 25.2. The third kappa shape index (κ3) is 13.5. The van der Waals surface area contributed by atoms with Crippen molar-refractivity contribution in [3.05, 3.63) is 123 Å². The Morgan fingerprint density at radius 1 is 0.784 bits per heavy atom. The van der Waals surface area contributed by atoms with E-state index in [4.69, 9.17) is 9.47 Å². The molecule has 1 atom stereocenters. The summed E-state index contributed by atoms with van der Waals surface area (Å²) in [5.74, 6) is 2.32. The van der Waals surface area contributed by atoms with Crippen molar-refractivity contribution in [2.75, 3.05) is 123 Å². The minimum atomic E-state index is -0.148. The first-order chi connectivity index (χ1) is 36.1. The molecule has 0 radical (unpaired) electrons. The molecule has 0 bridgehead atoms. The van der Waals surface area contributed by atoms with Crippen molar-refractivity contribution in [1.82, 2.24) is 50.1 Å². The van der Waals surface area contributed by atoms with Gasteiger partial charge in [-0.25, -0.2) is 4.98 Å². The van der Waals surface area contributed by atoms with E-state index in [0.717, 1.165) is 173 Å². The van der Waals surface area contributed by atoms with Gasteiger partial charge >= 0.3 is 0 Å². The number of hydrogen-bond donors (Lipinski definition) is 3. The SMILES string of the molecule is CCOc1cc(OC)ccc1CNCC(=O)N1CCC[C@H](c2cccc(C(=O)N3CCN(CC4CCN(CCNC(=O)c5ccc(N6CCN(Cc7cnc8cc(CC)c(=O)[nH]c8c7)CC6)cn5)CC4)CC3)c2)C1. The van der Waals surface area contributed by atoms with Crippen LogP contribution in [0.4, 0.5) is 5.69 Å². The van der Waals surface area contributed by atoms with Gasteiger partial charge in [0.05, 0.1) is 43.2 Å². The second-order valence-electron chi connectivity index (χ2n) is 20.4. The molecule has 3 aromatic heterocycles. The van der Waals surface area contributed by atoms with Crippen LogP contribution in [0.1, 0.15) is 88.5 Å². The average Bonchev–Trinajstić information content (AvgIpc) is 3.44. The van der Waals surface area contributed by atoms with Crippen LogP contribution in [0, 0.1) is 5.92 Å². The number of piperazine rings is 2. The van der Waals surface area contributed by atoms with E-state index in [0.29, 0.717) is 44.3 Å². The van der Waals surface area contributed by atoms with Crippen molar-refractivity contribution >= 4 is 34.4 Å². The second-order valence-corrected chi connectivity index (χ2v) is 20.4. The molecule has 74 heavy (non-hydrogen) atoms. The summed E-state index contributed by atoms with van der Waals surface area (Å²) < 4.78 is 11.2. The molecule has 0 spiro atoms. The van der Waals surface area contributed by atoms with Crippen molar-refractivity contribution in [2.45, 2.75) is 65.0 Å². The number of fused-ring (bicyclic) bond motifs is 1. The van der Waals surface area contributed by atoms with Crippen LogP contribution in [0.3, 0.4) is 0 Å². The zero-order valence-electron chi connectivity index (χ0n) is 43.7. The molecule has 3 amide bonds. The molecule has 17 heteroatoms. The van der Waals surface area contributed by atoms with Crippen LogP contribution in [-0.4, -0.2) is 176 Å². The van der Waals surface area contributed by atoms with Crippen LogP contribution in [0.25, 0.3) is 11.0 Å². The number of aryl methyl sites for hydroxylation is 1. The number of ether oxygens (including phenoxy) is 2. The molecule has 0 aliphatic carbocycles. The molecule has 394 valence electrons. The summed E-state index contributed by atoms with van der Waals surface area (Å²) in [5.41, 5.74) is 7.65. The smallest absolute Gasteiger partial charge is 0.269 e. The average molecular weight is 1010 g/mol. The summed E-state index contributed by atoms with van der Waals surface area (Å²) >= 11 is 0. The minimum absolute atomic E-state index is 0.0443. The number of nitrogens with one attached hydrogen (secondary N) is 3. The summed E-state index contributed by atoms with van der Waals surface area (Å²) in [5, 5.41) is 6.41. The molecular formula is C57H75N11O6. The molecule has 4 aliphatic heterocycles. The Hall–Kier alpha value is -6.40. The number of rotatable bonds is 19. The van der Waals surface area contributed by atoms with Crippen LogP contribution in [0.15, 0.2) is 83.9 Å². The third-order valence-electron chi connectivity index (χ3n) is 15.5. The van der Waals surface area contributed by atoms with E-state index >= 15 is 0 Å². The number of anilines is 1. The molecule has 7 heterocycles. The van der Waals surface area contributed by atoms with Gasteiger partial charge in [-0.1, -0.05) is 25.1 Å². The lowest BCUT2D eigenvalue weighted by Crippen LogP contribution is -2.50. The van der Waals surface area contributed by atoms with E-state index in [-0.39, 0.29) is 35.7 Å². The summed E-state index contributed by atoms with van der Waals surface area (Å²) in [6, 6.07) is 21.6. The van der Waals surface area contributed by atoms with Crippen molar-refractivity contribution < 1.29 is 23.9 Å². The number of piperidine rings is 2. The number of pyridine rings is 3. The Morgan fingerprint density at radius 2 is 1.59 bits per heavy atom. The molecule has 9 rings (SSSR count). The summed E-state index contributed by atoms with van der Waals surface area (Å²) in [6.45, 7) is 18.5. The number of likely N-dealkylation sites (tertiary alicyclic amines) is 2. The molecule has 4 aliphatic rings. The highest BCUT2D eigenvalue weighted by Crippen LogP contribution is 2.29. The molecule has 3 N–H and O–H groups in total. The largest absolute Gasteiger partial charge is 0.497 e. The van der Waals surface area contributed by atoms with Gasteiger partial charge in [0.1, 0.15) is 17.2 Å². The fraction of sp³-hybridized carbons (Fsp3) is 0.509. The van der Waals surface area contributed by atoms with Gasteiger partial charge in [-0.3, -0.25) is 34.0 Å². The zero-order valence-corrected chi connectivity index (χ0v) is 43.7. The van der Waals surface area contributed by atoms with Gasteiger partial charge in [0.15, 0.2) is 0 Å². The lowest BCUT2D eigenvalue weighted by Gasteiger charge is -2.39. The molecule has 2 aromatic carbocycles. The van der Waals surface area contributed by atoms with Crippen LogP contribution in [-0.2, 0) is 24.3 Å². The number of carbonyl (C=O) groups excluding carboxylic acids is 3. The highest BCUT2D eigenvalue weighted by atomic mass is 16.5. The van der Waals surface area contributed by atoms with E-state index in [9.17, 15) is 19.2 Å². The van der Waals surface area contributed by atoms with E-state index in [1.807, 2.05) is 90.6 Å². The predicted octanol–water partition coefficient (Wildman–Crippen LogP) is 5.01. The van der Waals surface area contributed by atoms with Crippen LogP contribution in [0.2, 0.25) is 0 Å². The number of hydrogen-bond acceptors (Lipinski definition) is 13. The number of H-pyrrole nitrogens is 1. The zero-order chi connectivity index (χ0) is 51.4. The summed E-state index contributed by atoms with van der Waals surface area (Å²) in [7, 11) is 1.63. The van der Waals surface area contributed by atoms with Crippen molar-refractivity contribution in [2.24, 2.45) is 5.92 Å². The summed E-state index contributed by atoms with van der Waals surface area (Å²) in [4.78, 5) is 78.3. The molecule has 4 fully saturated rings. The molecule has 0 unspecified atom stereocenters. The molecule has 17 nitrogen and oxygen atoms in total. The van der Waals surface area contributed by atoms with E-state index < -0.39 is 0 Å². The van der Waals surface area contributed by atoms with Crippen molar-refractivity contribution in [3.8, 4) is 11.5 Å². The first-order valence-corrected chi connectivity index (χ1v) is 27.0. The standard InChI is InChI=1S/C57H75N11O6/c1-4-43-32-51-52(62-55(43)70)30-42(34-60-51)39-65-22-26-66(27-23-65)48-12-14-50(61-36-48)56(71)59-17-21-63-19-15-41(16-20-63)38-64-24-28-67(29-25-64)57(72)45-9-6-8-44(31-45)47-10-7-18-68(40-47)54(69)37-58-35-46-11-13-49(73-3)33-53(46)74-5-2/h6,8-9,11-14,30-34,36,41,47,58H,4-5,7,10,15-29,35,37-40H2,1-3H3,(H,59,71)(H,62,70)/t47-/m0/s1. The van der Waals surface area contributed by atoms with Gasteiger partial charge in [-0.2, -0.15) is 0 Å². The van der Waals surface area contributed by atoms with Crippen LogP contribution >= 0.6 is 0 Å². The lowest BCUT2D eigenvalue weighted by atomic mass is 9.89. The number of aromatic amines is 1. The van der Waals surface area contributed by atoms with Crippen molar-refractivity contribution in [1.29, 1.82) is 0 Å². The Labute approximate surface area is 435 Å². The number of methoxy groups -OCH3 is 1. The topological polar surface area (TPSA) is 172 Å². The van der Waals surface area contributed by atoms with E-state index in [2.05, 4.69) is 57.3 Å². The lowest BCUT2D eigenvalue weighted by molar-refractivity contribution is -0.131. The fourth-order valence-electron chi connectivity index (χ4n) is 11.1. The van der Waals surface area contributed by atoms with Gasteiger partial charge in [0.25, 0.3) is 17.4 Å². The van der Waals surface area contributed by atoms with Gasteiger partial charge in [0, 0.05) is 133 Å². The van der Waals surface area contributed by atoms with Gasteiger partial charge in [-0.05, 0) is 112 Å². The predicted molar refractivity (Wildman–Crippen MR) is 288 cm³/mol. The molecule has 5 aromatic rings. The quantitative estimate of drug-likeness (QED) is 0.101. The maximum absolute atomic E-state index is 13.8. The van der Waals surface area contributed by atoms with Gasteiger partial charge in [0.2, 0.25) is 5.91 Å². The molecule has 4 saturated heterocycles. The van der Waals surface area contributed by atoms with Gasteiger partial charge < -0.3 is 44.7 Å². The Balaban J connectivity index is 0.640. The number of nitrogens with zero attached hydrogens (tertiary/aromatic N) is 8. The van der Waals surface area contributed by atoms with E-state index in [1.54, 1.807) is 7.11 Å². The maximum Gasteiger partial charge on any atom is 0.269 e. The van der Waals surface area contributed by atoms with Crippen molar-refractivity contribution in [3.63, 3.8) is 0 Å². The maximum atomic E-state index is 13.8. The molecular weight excluding hydrogens is 935 g/mol. The Bertz CT molecular complexity index is 2750. The highest BCUT2D eigenvalue weighted by Gasteiger charge is 2.29.